The van der Waals surface area contributed by atoms with Crippen molar-refractivity contribution < 1.29 is 17.9 Å². The Balaban J connectivity index is 2.50. The molecule has 0 aromatic carbocycles. The van der Waals surface area contributed by atoms with Crippen molar-refractivity contribution in [3.8, 4) is 0 Å². The number of halogens is 3. The molecule has 0 spiro atoms. The van der Waals surface area contributed by atoms with Crippen molar-refractivity contribution in [2.75, 3.05) is 30.8 Å². The number of hydrogen-bond acceptors (Lipinski definition) is 5. The van der Waals surface area contributed by atoms with Crippen LogP contribution in [0.2, 0.25) is 0 Å². The Morgan fingerprint density at radius 2 is 2.00 bits per heavy atom. The van der Waals surface area contributed by atoms with Crippen LogP contribution < -0.4 is 11.1 Å². The van der Waals surface area contributed by atoms with Gasteiger partial charge in [-0.2, -0.15) is 13.2 Å². The van der Waals surface area contributed by atoms with E-state index in [2.05, 4.69) is 20.0 Å². The van der Waals surface area contributed by atoms with Crippen molar-refractivity contribution in [2.45, 2.75) is 32.9 Å². The Kier molecular flexibility index (Phi) is 6.00. The SMILES string of the molecule is CCCc1nc(N)c(C)c(NCCOCC(F)(F)F)n1. The molecule has 8 heteroatoms. The largest absolute Gasteiger partial charge is 0.411 e. The van der Waals surface area contributed by atoms with E-state index < -0.39 is 12.8 Å². The predicted octanol–water partition coefficient (Wildman–Crippen LogP) is 2.31. The minimum absolute atomic E-state index is 0.0635. The van der Waals surface area contributed by atoms with Gasteiger partial charge in [-0.15, -0.1) is 0 Å². The zero-order chi connectivity index (χ0) is 15.2. The number of anilines is 2. The number of nitrogen functional groups attached to an aromatic ring is 1. The second-order valence-corrected chi connectivity index (χ2v) is 4.34. The maximum Gasteiger partial charge on any atom is 0.411 e. The Hall–Kier alpha value is -1.57. The van der Waals surface area contributed by atoms with Crippen LogP contribution in [0.3, 0.4) is 0 Å². The quantitative estimate of drug-likeness (QED) is 0.754. The Morgan fingerprint density at radius 1 is 1.30 bits per heavy atom. The van der Waals surface area contributed by atoms with E-state index in [-0.39, 0.29) is 13.2 Å². The molecule has 0 aliphatic heterocycles. The van der Waals surface area contributed by atoms with Crippen LogP contribution in [0.4, 0.5) is 24.8 Å². The van der Waals surface area contributed by atoms with Gasteiger partial charge in [0, 0.05) is 18.5 Å². The van der Waals surface area contributed by atoms with Crippen molar-refractivity contribution in [2.24, 2.45) is 0 Å². The fourth-order valence-corrected chi connectivity index (χ4v) is 1.52. The van der Waals surface area contributed by atoms with Gasteiger partial charge in [-0.05, 0) is 13.3 Å². The molecule has 3 N–H and O–H groups in total. The Labute approximate surface area is 115 Å². The maximum atomic E-state index is 11.9. The number of nitrogens with two attached hydrogens (primary N) is 1. The molecule has 1 heterocycles. The van der Waals surface area contributed by atoms with Crippen molar-refractivity contribution in [3.63, 3.8) is 0 Å². The number of nitrogens with one attached hydrogen (secondary N) is 1. The summed E-state index contributed by atoms with van der Waals surface area (Å²) < 4.78 is 40.1. The minimum Gasteiger partial charge on any atom is -0.383 e. The van der Waals surface area contributed by atoms with Gasteiger partial charge in [-0.3, -0.25) is 0 Å². The average Bonchev–Trinajstić information content (AvgIpc) is 2.33. The van der Waals surface area contributed by atoms with Gasteiger partial charge < -0.3 is 15.8 Å². The van der Waals surface area contributed by atoms with E-state index in [1.54, 1.807) is 6.92 Å². The van der Waals surface area contributed by atoms with Crippen molar-refractivity contribution in [3.05, 3.63) is 11.4 Å². The highest BCUT2D eigenvalue weighted by Gasteiger charge is 2.27. The third kappa shape index (κ3) is 5.60. The molecule has 5 nitrogen and oxygen atoms in total. The number of rotatable bonds is 7. The smallest absolute Gasteiger partial charge is 0.383 e. The molecule has 0 bridgehead atoms. The van der Waals surface area contributed by atoms with Crippen molar-refractivity contribution in [1.82, 2.24) is 9.97 Å². The summed E-state index contributed by atoms with van der Waals surface area (Å²) in [5, 5.41) is 2.92. The lowest BCUT2D eigenvalue weighted by Crippen LogP contribution is -2.20. The van der Waals surface area contributed by atoms with E-state index in [1.807, 2.05) is 6.92 Å². The van der Waals surface area contributed by atoms with Gasteiger partial charge in [0.25, 0.3) is 0 Å². The van der Waals surface area contributed by atoms with E-state index in [0.717, 1.165) is 6.42 Å². The van der Waals surface area contributed by atoms with Gasteiger partial charge in [-0.1, -0.05) is 6.92 Å². The van der Waals surface area contributed by atoms with Crippen LogP contribution in [-0.2, 0) is 11.2 Å². The lowest BCUT2D eigenvalue weighted by molar-refractivity contribution is -0.172. The number of aryl methyl sites for hydroxylation is 1. The number of hydrogen-bond donors (Lipinski definition) is 2. The third-order valence-electron chi connectivity index (χ3n) is 2.51. The number of nitrogens with zero attached hydrogens (tertiary/aromatic N) is 2. The number of ether oxygens (including phenoxy) is 1. The van der Waals surface area contributed by atoms with Crippen LogP contribution in [0.25, 0.3) is 0 Å². The van der Waals surface area contributed by atoms with Crippen LogP contribution in [-0.4, -0.2) is 35.9 Å². The van der Waals surface area contributed by atoms with Crippen molar-refractivity contribution in [1.29, 1.82) is 0 Å². The summed E-state index contributed by atoms with van der Waals surface area (Å²) in [6.45, 7) is 2.66. The highest BCUT2D eigenvalue weighted by molar-refractivity contribution is 5.54. The molecule has 0 radical (unpaired) electrons. The molecule has 0 aliphatic rings. The summed E-state index contributed by atoms with van der Waals surface area (Å²) in [5.41, 5.74) is 6.45. The zero-order valence-electron chi connectivity index (χ0n) is 11.5. The standard InChI is InChI=1S/C12H19F3N4O/c1-3-4-9-18-10(16)8(2)11(19-9)17-5-6-20-7-12(13,14)15/h3-7H2,1-2H3,(H3,16,17,18,19). The van der Waals surface area contributed by atoms with E-state index in [0.29, 0.717) is 29.4 Å². The summed E-state index contributed by atoms with van der Waals surface area (Å²) in [4.78, 5) is 8.44. The molecule has 1 aromatic rings. The first-order valence-electron chi connectivity index (χ1n) is 6.35. The molecule has 0 saturated carbocycles. The highest BCUT2D eigenvalue weighted by Crippen LogP contribution is 2.18. The van der Waals surface area contributed by atoms with E-state index in [9.17, 15) is 13.2 Å². The topological polar surface area (TPSA) is 73.1 Å². The zero-order valence-corrected chi connectivity index (χ0v) is 11.5. The molecule has 0 fully saturated rings. The Bertz CT molecular complexity index is 437. The fraction of sp³-hybridized carbons (Fsp3) is 0.667. The lowest BCUT2D eigenvalue weighted by atomic mass is 10.2. The molecular formula is C12H19F3N4O. The van der Waals surface area contributed by atoms with E-state index in [4.69, 9.17) is 5.73 Å². The van der Waals surface area contributed by atoms with E-state index >= 15 is 0 Å². The first-order valence-corrected chi connectivity index (χ1v) is 6.35. The van der Waals surface area contributed by atoms with Crippen molar-refractivity contribution >= 4 is 11.6 Å². The second kappa shape index (κ2) is 7.28. The van der Waals surface area contributed by atoms with Crippen LogP contribution in [0.1, 0.15) is 24.7 Å². The third-order valence-corrected chi connectivity index (χ3v) is 2.51. The van der Waals surface area contributed by atoms with Gasteiger partial charge in [0.15, 0.2) is 0 Å². The summed E-state index contributed by atoms with van der Waals surface area (Å²) in [6.07, 6.45) is -2.72. The molecule has 114 valence electrons. The van der Waals surface area contributed by atoms with Gasteiger partial charge >= 0.3 is 6.18 Å². The fourth-order valence-electron chi connectivity index (χ4n) is 1.52. The molecule has 1 rings (SSSR count). The summed E-state index contributed by atoms with van der Waals surface area (Å²) in [7, 11) is 0. The number of alkyl halides is 3. The molecule has 1 aromatic heterocycles. The molecular weight excluding hydrogens is 273 g/mol. The van der Waals surface area contributed by atoms with Gasteiger partial charge in [0.1, 0.15) is 24.1 Å². The van der Waals surface area contributed by atoms with Crippen LogP contribution in [0, 0.1) is 6.92 Å². The number of aromatic nitrogens is 2. The van der Waals surface area contributed by atoms with Gasteiger partial charge in [0.05, 0.1) is 6.61 Å². The molecule has 0 aliphatic carbocycles. The van der Waals surface area contributed by atoms with Gasteiger partial charge in [-0.25, -0.2) is 9.97 Å². The monoisotopic (exact) mass is 292 g/mol. The Morgan fingerprint density at radius 3 is 2.60 bits per heavy atom. The average molecular weight is 292 g/mol. The normalized spacial score (nSPS) is 11.7. The van der Waals surface area contributed by atoms with Crippen LogP contribution in [0.5, 0.6) is 0 Å². The maximum absolute atomic E-state index is 11.9. The molecule has 0 saturated heterocycles. The summed E-state index contributed by atoms with van der Waals surface area (Å²) in [6, 6.07) is 0. The van der Waals surface area contributed by atoms with E-state index in [1.165, 1.54) is 0 Å². The second-order valence-electron chi connectivity index (χ2n) is 4.34. The van der Waals surface area contributed by atoms with Crippen LogP contribution >= 0.6 is 0 Å². The lowest BCUT2D eigenvalue weighted by Gasteiger charge is -2.12. The van der Waals surface area contributed by atoms with Gasteiger partial charge in [0.2, 0.25) is 0 Å². The first-order chi connectivity index (χ1) is 9.33. The first kappa shape index (κ1) is 16.5. The summed E-state index contributed by atoms with van der Waals surface area (Å²) >= 11 is 0. The summed E-state index contributed by atoms with van der Waals surface area (Å²) in [5.74, 6) is 1.54. The van der Waals surface area contributed by atoms with Crippen LogP contribution in [0.15, 0.2) is 0 Å². The highest BCUT2D eigenvalue weighted by atomic mass is 19.4. The molecule has 0 unspecified atom stereocenters. The predicted molar refractivity (Wildman–Crippen MR) is 70.5 cm³/mol. The minimum atomic E-state index is -4.30. The molecule has 0 atom stereocenters. The molecule has 0 amide bonds. The molecule has 20 heavy (non-hydrogen) atoms.